The Bertz CT molecular complexity index is 706. The highest BCUT2D eigenvalue weighted by Gasteiger charge is 2.36. The Morgan fingerprint density at radius 2 is 1.19 bits per heavy atom. The summed E-state index contributed by atoms with van der Waals surface area (Å²) in [5, 5.41) is 0. The summed E-state index contributed by atoms with van der Waals surface area (Å²) in [6, 6.07) is 4.63. The van der Waals surface area contributed by atoms with Gasteiger partial charge in [0, 0.05) is 24.7 Å². The van der Waals surface area contributed by atoms with Crippen molar-refractivity contribution in [3.05, 3.63) is 70.3 Å². The molecule has 26 heavy (non-hydrogen) atoms. The van der Waals surface area contributed by atoms with Crippen molar-refractivity contribution in [2.24, 2.45) is 11.5 Å². The van der Waals surface area contributed by atoms with Crippen LogP contribution in [0.15, 0.2) is 36.4 Å². The number of hydrogen-bond donors (Lipinski definition) is 2. The molecular formula is C16H14F8N2. The molecule has 0 atom stereocenters. The second-order valence-electron chi connectivity index (χ2n) is 5.06. The van der Waals surface area contributed by atoms with E-state index >= 15 is 0 Å². The van der Waals surface area contributed by atoms with Crippen LogP contribution < -0.4 is 11.5 Å². The van der Waals surface area contributed by atoms with Crippen LogP contribution >= 0.6 is 0 Å². The largest absolute Gasteiger partial charge is 0.416 e. The van der Waals surface area contributed by atoms with Crippen LogP contribution in [0.3, 0.4) is 0 Å². The van der Waals surface area contributed by atoms with E-state index in [0.717, 1.165) is 6.07 Å². The van der Waals surface area contributed by atoms with E-state index in [9.17, 15) is 35.1 Å². The van der Waals surface area contributed by atoms with Crippen LogP contribution in [0.2, 0.25) is 0 Å². The molecule has 0 aliphatic carbocycles. The Morgan fingerprint density at radius 1 is 0.692 bits per heavy atom. The Hall–Kier alpha value is -2.20. The first-order chi connectivity index (χ1) is 11.9. The molecule has 0 aliphatic rings. The van der Waals surface area contributed by atoms with Crippen molar-refractivity contribution in [2.75, 3.05) is 0 Å². The minimum atomic E-state index is -4.81. The molecule has 0 aliphatic heterocycles. The van der Waals surface area contributed by atoms with E-state index in [4.69, 9.17) is 11.5 Å². The van der Waals surface area contributed by atoms with Crippen LogP contribution in [-0.4, -0.2) is 0 Å². The third kappa shape index (κ3) is 6.26. The van der Waals surface area contributed by atoms with Gasteiger partial charge >= 0.3 is 12.4 Å². The Morgan fingerprint density at radius 3 is 1.54 bits per heavy atom. The van der Waals surface area contributed by atoms with Gasteiger partial charge in [0.2, 0.25) is 0 Å². The van der Waals surface area contributed by atoms with E-state index in [1.165, 1.54) is 12.1 Å². The van der Waals surface area contributed by atoms with Crippen LogP contribution in [-0.2, 0) is 25.4 Å². The first-order valence-electron chi connectivity index (χ1n) is 7.01. The zero-order valence-corrected chi connectivity index (χ0v) is 13.1. The van der Waals surface area contributed by atoms with Gasteiger partial charge in [-0.2, -0.15) is 26.3 Å². The molecule has 0 spiro atoms. The van der Waals surface area contributed by atoms with Crippen molar-refractivity contribution < 1.29 is 35.1 Å². The topological polar surface area (TPSA) is 52.0 Å². The molecule has 10 heteroatoms. The summed E-state index contributed by atoms with van der Waals surface area (Å²) in [6.07, 6.45) is -9.63. The molecule has 2 aromatic rings. The lowest BCUT2D eigenvalue weighted by atomic mass is 10.0. The van der Waals surface area contributed by atoms with E-state index < -0.39 is 35.1 Å². The van der Waals surface area contributed by atoms with E-state index in [2.05, 4.69) is 0 Å². The SMILES string of the molecule is NCc1cc(C(F)(F)F)cc(C(F)(F)F)c1.NCc1ccc(F)cc1F. The average Bonchev–Trinajstić information content (AvgIpc) is 2.53. The summed E-state index contributed by atoms with van der Waals surface area (Å²) < 4.78 is 98.3. The Balaban J connectivity index is 0.000000289. The number of alkyl halides is 6. The normalized spacial score (nSPS) is 11.8. The van der Waals surface area contributed by atoms with E-state index in [1.807, 2.05) is 0 Å². The number of nitrogens with two attached hydrogens (primary N) is 2. The summed E-state index contributed by atoms with van der Waals surface area (Å²) in [7, 11) is 0. The zero-order valence-electron chi connectivity index (χ0n) is 13.1. The lowest BCUT2D eigenvalue weighted by Gasteiger charge is -2.13. The molecule has 0 amide bonds. The first kappa shape index (κ1) is 21.8. The van der Waals surface area contributed by atoms with Crippen LogP contribution in [0, 0.1) is 11.6 Å². The lowest BCUT2D eigenvalue weighted by Crippen LogP contribution is -2.12. The fraction of sp³-hybridized carbons (Fsp3) is 0.250. The summed E-state index contributed by atoms with van der Waals surface area (Å²) in [4.78, 5) is 0. The fourth-order valence-corrected chi connectivity index (χ4v) is 1.82. The summed E-state index contributed by atoms with van der Waals surface area (Å²) in [5.41, 5.74) is 7.62. The van der Waals surface area contributed by atoms with E-state index in [-0.39, 0.29) is 24.7 Å². The van der Waals surface area contributed by atoms with Gasteiger partial charge in [-0.3, -0.25) is 0 Å². The minimum Gasteiger partial charge on any atom is -0.326 e. The highest BCUT2D eigenvalue weighted by molar-refractivity contribution is 5.33. The highest BCUT2D eigenvalue weighted by atomic mass is 19.4. The van der Waals surface area contributed by atoms with Crippen LogP contribution in [0.25, 0.3) is 0 Å². The summed E-state index contributed by atoms with van der Waals surface area (Å²) in [5.74, 6) is -1.16. The second-order valence-corrected chi connectivity index (χ2v) is 5.06. The average molecular weight is 386 g/mol. The standard InChI is InChI=1S/C9H7F6N.C7H7F2N/c10-8(11,12)6-1-5(4-16)2-7(3-6)9(13,14)15;8-6-2-1-5(4-10)7(9)3-6/h1-3H,4,16H2;1-3H,4,10H2. The molecule has 0 radical (unpaired) electrons. The lowest BCUT2D eigenvalue weighted by molar-refractivity contribution is -0.143. The molecule has 0 saturated carbocycles. The molecule has 2 rings (SSSR count). The number of rotatable bonds is 2. The number of halogens is 8. The molecule has 0 aromatic heterocycles. The van der Waals surface area contributed by atoms with Crippen molar-refractivity contribution in [3.63, 3.8) is 0 Å². The molecule has 0 heterocycles. The van der Waals surface area contributed by atoms with Crippen LogP contribution in [0.1, 0.15) is 22.3 Å². The maximum atomic E-state index is 12.5. The molecular weight excluding hydrogens is 372 g/mol. The Kier molecular flexibility index (Phi) is 7.10. The maximum absolute atomic E-state index is 12.5. The summed E-state index contributed by atoms with van der Waals surface area (Å²) in [6.45, 7) is -0.279. The molecule has 0 saturated heterocycles. The predicted octanol–water partition coefficient (Wildman–Crippen LogP) is 4.61. The van der Waals surface area contributed by atoms with Gasteiger partial charge in [-0.15, -0.1) is 0 Å². The third-order valence-corrected chi connectivity index (χ3v) is 3.12. The van der Waals surface area contributed by atoms with Crippen molar-refractivity contribution in [1.29, 1.82) is 0 Å². The van der Waals surface area contributed by atoms with Gasteiger partial charge < -0.3 is 11.5 Å². The Labute approximate surface area is 143 Å². The molecule has 0 bridgehead atoms. The van der Waals surface area contributed by atoms with Gasteiger partial charge in [-0.1, -0.05) is 6.07 Å². The number of benzene rings is 2. The second kappa shape index (κ2) is 8.45. The van der Waals surface area contributed by atoms with Gasteiger partial charge in [-0.25, -0.2) is 8.78 Å². The molecule has 4 N–H and O–H groups in total. The van der Waals surface area contributed by atoms with Gasteiger partial charge in [-0.05, 0) is 29.8 Å². The van der Waals surface area contributed by atoms with Crippen molar-refractivity contribution in [3.8, 4) is 0 Å². The van der Waals surface area contributed by atoms with Crippen LogP contribution in [0.4, 0.5) is 35.1 Å². The fourth-order valence-electron chi connectivity index (χ4n) is 1.82. The molecule has 144 valence electrons. The van der Waals surface area contributed by atoms with Gasteiger partial charge in [0.25, 0.3) is 0 Å². The van der Waals surface area contributed by atoms with E-state index in [1.54, 1.807) is 0 Å². The summed E-state index contributed by atoms with van der Waals surface area (Å²) >= 11 is 0. The highest BCUT2D eigenvalue weighted by Crippen LogP contribution is 2.36. The molecule has 0 fully saturated rings. The first-order valence-corrected chi connectivity index (χ1v) is 7.01. The van der Waals surface area contributed by atoms with Crippen molar-refractivity contribution >= 4 is 0 Å². The quantitative estimate of drug-likeness (QED) is 0.741. The van der Waals surface area contributed by atoms with Gasteiger partial charge in [0.15, 0.2) is 0 Å². The smallest absolute Gasteiger partial charge is 0.326 e. The number of hydrogen-bond acceptors (Lipinski definition) is 2. The monoisotopic (exact) mass is 386 g/mol. The van der Waals surface area contributed by atoms with Gasteiger partial charge in [0.1, 0.15) is 11.6 Å². The van der Waals surface area contributed by atoms with E-state index in [0.29, 0.717) is 17.7 Å². The van der Waals surface area contributed by atoms with Crippen molar-refractivity contribution in [1.82, 2.24) is 0 Å². The molecule has 0 unspecified atom stereocenters. The van der Waals surface area contributed by atoms with Gasteiger partial charge in [0.05, 0.1) is 11.1 Å². The van der Waals surface area contributed by atoms with Crippen molar-refractivity contribution in [2.45, 2.75) is 25.4 Å². The zero-order chi connectivity index (χ0) is 20.1. The minimum absolute atomic E-state index is 0.0686. The third-order valence-electron chi connectivity index (χ3n) is 3.12. The molecule has 2 aromatic carbocycles. The maximum Gasteiger partial charge on any atom is 0.416 e. The molecule has 2 nitrogen and oxygen atoms in total. The van der Waals surface area contributed by atoms with Crippen LogP contribution in [0.5, 0.6) is 0 Å². The predicted molar refractivity (Wildman–Crippen MR) is 78.6 cm³/mol.